The Hall–Kier alpha value is -1.94. The van der Waals surface area contributed by atoms with E-state index in [-0.39, 0.29) is 11.1 Å². The van der Waals surface area contributed by atoms with Gasteiger partial charge in [-0.15, -0.1) is 0 Å². The average molecular weight is 297 g/mol. The molecule has 0 aliphatic rings. The highest BCUT2D eigenvalue weighted by Gasteiger charge is 2.18. The van der Waals surface area contributed by atoms with Crippen molar-refractivity contribution in [3.63, 3.8) is 0 Å². The van der Waals surface area contributed by atoms with Gasteiger partial charge in [-0.3, -0.25) is 4.79 Å². The van der Waals surface area contributed by atoms with Crippen LogP contribution >= 0.6 is 11.6 Å². The molecule has 0 aliphatic heterocycles. The van der Waals surface area contributed by atoms with Crippen molar-refractivity contribution in [2.24, 2.45) is 0 Å². The first kappa shape index (κ1) is 14.5. The van der Waals surface area contributed by atoms with Crippen molar-refractivity contribution in [2.45, 2.75) is 6.42 Å². The second kappa shape index (κ2) is 6.01. The monoisotopic (exact) mass is 296 g/mol. The van der Waals surface area contributed by atoms with Crippen molar-refractivity contribution in [2.75, 3.05) is 7.11 Å². The predicted octanol–water partition coefficient (Wildman–Crippen LogP) is 4.05. The topological polar surface area (TPSA) is 26.3 Å². The van der Waals surface area contributed by atoms with Crippen LogP contribution in [0.5, 0.6) is 5.75 Å². The molecule has 0 amide bonds. The van der Waals surface area contributed by atoms with E-state index in [2.05, 4.69) is 0 Å². The molecule has 0 aliphatic carbocycles. The lowest BCUT2D eigenvalue weighted by Crippen LogP contribution is -2.09. The maximum absolute atomic E-state index is 13.5. The van der Waals surface area contributed by atoms with Crippen molar-refractivity contribution >= 4 is 17.4 Å². The number of ether oxygens (including phenoxy) is 1. The van der Waals surface area contributed by atoms with Crippen LogP contribution in [0, 0.1) is 11.6 Å². The number of hydrogen-bond acceptors (Lipinski definition) is 2. The van der Waals surface area contributed by atoms with Gasteiger partial charge in [0.1, 0.15) is 17.4 Å². The third-order valence-corrected chi connectivity index (χ3v) is 3.10. The van der Waals surface area contributed by atoms with Gasteiger partial charge in [0.2, 0.25) is 0 Å². The van der Waals surface area contributed by atoms with Crippen LogP contribution in [0.3, 0.4) is 0 Å². The van der Waals surface area contributed by atoms with E-state index in [1.807, 2.05) is 0 Å². The van der Waals surface area contributed by atoms with E-state index in [0.717, 1.165) is 12.1 Å². The summed E-state index contributed by atoms with van der Waals surface area (Å²) in [7, 11) is 1.41. The fourth-order valence-corrected chi connectivity index (χ4v) is 2.03. The van der Waals surface area contributed by atoms with Gasteiger partial charge in [0, 0.05) is 17.0 Å². The maximum Gasteiger partial charge on any atom is 0.171 e. The van der Waals surface area contributed by atoms with Gasteiger partial charge in [-0.1, -0.05) is 17.7 Å². The lowest BCUT2D eigenvalue weighted by atomic mass is 10.0. The Morgan fingerprint density at radius 3 is 2.45 bits per heavy atom. The summed E-state index contributed by atoms with van der Waals surface area (Å²) in [6.45, 7) is 0. The van der Waals surface area contributed by atoms with Crippen LogP contribution in [0.2, 0.25) is 5.02 Å². The molecule has 2 aromatic rings. The Kier molecular flexibility index (Phi) is 4.35. The zero-order chi connectivity index (χ0) is 14.7. The van der Waals surface area contributed by atoms with Gasteiger partial charge < -0.3 is 4.74 Å². The number of Topliss-reactive ketones (excluding diaryl/α,β-unsaturated/α-hetero) is 1. The van der Waals surface area contributed by atoms with E-state index in [1.54, 1.807) is 6.07 Å². The molecular formula is C15H11ClF2O2. The number of benzene rings is 2. The van der Waals surface area contributed by atoms with E-state index in [4.69, 9.17) is 16.3 Å². The van der Waals surface area contributed by atoms with E-state index < -0.39 is 23.8 Å². The highest BCUT2D eigenvalue weighted by molar-refractivity contribution is 6.31. The summed E-state index contributed by atoms with van der Waals surface area (Å²) in [5, 5.41) is 0.350. The van der Waals surface area contributed by atoms with Crippen LogP contribution < -0.4 is 4.74 Å². The van der Waals surface area contributed by atoms with Gasteiger partial charge in [0.05, 0.1) is 12.7 Å². The Balaban J connectivity index is 2.35. The minimum Gasteiger partial charge on any atom is -0.496 e. The molecule has 0 atom stereocenters. The highest BCUT2D eigenvalue weighted by atomic mass is 35.5. The number of rotatable bonds is 4. The number of methoxy groups -OCH3 is 1. The molecule has 0 spiro atoms. The number of hydrogen-bond donors (Lipinski definition) is 0. The third-order valence-electron chi connectivity index (χ3n) is 2.86. The molecule has 0 unspecified atom stereocenters. The van der Waals surface area contributed by atoms with Crippen molar-refractivity contribution in [3.8, 4) is 5.75 Å². The summed E-state index contributed by atoms with van der Waals surface area (Å²) in [6, 6.07) is 8.00. The van der Waals surface area contributed by atoms with Crippen LogP contribution in [0.1, 0.15) is 15.9 Å². The fourth-order valence-electron chi connectivity index (χ4n) is 1.86. The molecule has 2 nitrogen and oxygen atoms in total. The standard InChI is InChI=1S/C15H11ClF2O2/c1-20-15-6-5-9(16)7-11(15)14(19)8-10-12(17)3-2-4-13(10)18/h2-7H,8H2,1H3. The molecule has 0 radical (unpaired) electrons. The molecule has 5 heteroatoms. The molecular weight excluding hydrogens is 286 g/mol. The van der Waals surface area contributed by atoms with Crippen LogP contribution in [0.4, 0.5) is 8.78 Å². The number of ketones is 1. The fraction of sp³-hybridized carbons (Fsp3) is 0.133. The molecule has 0 bridgehead atoms. The van der Waals surface area contributed by atoms with Crippen molar-refractivity contribution in [3.05, 3.63) is 64.2 Å². The lowest BCUT2D eigenvalue weighted by molar-refractivity contribution is 0.0987. The predicted molar refractivity (Wildman–Crippen MR) is 72.4 cm³/mol. The van der Waals surface area contributed by atoms with E-state index in [1.165, 1.54) is 25.3 Å². The van der Waals surface area contributed by atoms with E-state index in [0.29, 0.717) is 10.8 Å². The molecule has 2 aromatic carbocycles. The Bertz CT molecular complexity index is 636. The van der Waals surface area contributed by atoms with Crippen molar-refractivity contribution in [1.82, 2.24) is 0 Å². The zero-order valence-corrected chi connectivity index (χ0v) is 11.4. The summed E-state index contributed by atoms with van der Waals surface area (Å²) >= 11 is 5.83. The largest absolute Gasteiger partial charge is 0.496 e. The summed E-state index contributed by atoms with van der Waals surface area (Å²) in [4.78, 5) is 12.2. The number of carbonyl (C=O) groups is 1. The number of carbonyl (C=O) groups excluding carboxylic acids is 1. The molecule has 104 valence electrons. The first-order chi connectivity index (χ1) is 9.52. The van der Waals surface area contributed by atoms with Gasteiger partial charge in [-0.05, 0) is 30.3 Å². The average Bonchev–Trinajstić information content (AvgIpc) is 2.43. The van der Waals surface area contributed by atoms with Crippen molar-refractivity contribution in [1.29, 1.82) is 0 Å². The third kappa shape index (κ3) is 2.96. The SMILES string of the molecule is COc1ccc(Cl)cc1C(=O)Cc1c(F)cccc1F. The van der Waals surface area contributed by atoms with Crippen LogP contribution in [0.25, 0.3) is 0 Å². The van der Waals surface area contributed by atoms with Crippen molar-refractivity contribution < 1.29 is 18.3 Å². The molecule has 0 saturated carbocycles. The molecule has 0 saturated heterocycles. The molecule has 20 heavy (non-hydrogen) atoms. The lowest BCUT2D eigenvalue weighted by Gasteiger charge is -2.09. The Morgan fingerprint density at radius 2 is 1.85 bits per heavy atom. The zero-order valence-electron chi connectivity index (χ0n) is 10.6. The molecule has 0 fully saturated rings. The normalized spacial score (nSPS) is 10.4. The van der Waals surface area contributed by atoms with E-state index in [9.17, 15) is 13.6 Å². The molecule has 0 aromatic heterocycles. The Labute approximate surface area is 119 Å². The summed E-state index contributed by atoms with van der Waals surface area (Å²) in [5.74, 6) is -1.65. The second-order valence-corrected chi connectivity index (χ2v) is 4.58. The van der Waals surface area contributed by atoms with Gasteiger partial charge in [0.25, 0.3) is 0 Å². The highest BCUT2D eigenvalue weighted by Crippen LogP contribution is 2.25. The Morgan fingerprint density at radius 1 is 1.20 bits per heavy atom. The van der Waals surface area contributed by atoms with Gasteiger partial charge in [-0.2, -0.15) is 0 Å². The molecule has 0 N–H and O–H groups in total. The summed E-state index contributed by atoms with van der Waals surface area (Å²) in [6.07, 6.45) is -0.394. The summed E-state index contributed by atoms with van der Waals surface area (Å²) in [5.41, 5.74) is -0.0674. The smallest absolute Gasteiger partial charge is 0.171 e. The molecule has 2 rings (SSSR count). The van der Waals surface area contributed by atoms with Gasteiger partial charge in [0.15, 0.2) is 5.78 Å². The van der Waals surface area contributed by atoms with Crippen LogP contribution in [-0.4, -0.2) is 12.9 Å². The van der Waals surface area contributed by atoms with Gasteiger partial charge >= 0.3 is 0 Å². The first-order valence-electron chi connectivity index (χ1n) is 5.82. The maximum atomic E-state index is 13.5. The number of halogens is 3. The van der Waals surface area contributed by atoms with Crippen LogP contribution in [-0.2, 0) is 6.42 Å². The molecule has 0 heterocycles. The quantitative estimate of drug-likeness (QED) is 0.796. The minimum absolute atomic E-state index is 0.197. The first-order valence-corrected chi connectivity index (χ1v) is 6.20. The minimum atomic E-state index is -0.751. The van der Waals surface area contributed by atoms with E-state index >= 15 is 0 Å². The summed E-state index contributed by atoms with van der Waals surface area (Å²) < 4.78 is 32.1. The second-order valence-electron chi connectivity index (χ2n) is 4.14. The van der Waals surface area contributed by atoms with Crippen LogP contribution in [0.15, 0.2) is 36.4 Å². The van der Waals surface area contributed by atoms with Gasteiger partial charge in [-0.25, -0.2) is 8.78 Å².